The molecule has 1 fully saturated rings. The van der Waals surface area contributed by atoms with Crippen molar-refractivity contribution in [3.05, 3.63) is 40.2 Å². The molecule has 0 bridgehead atoms. The lowest BCUT2D eigenvalue weighted by atomic mass is 10.2. The summed E-state index contributed by atoms with van der Waals surface area (Å²) in [5.41, 5.74) is 3.91. The molecule has 6 nitrogen and oxygen atoms in total. The normalized spacial score (nSPS) is 14.0. The van der Waals surface area contributed by atoms with Crippen molar-refractivity contribution in [3.63, 3.8) is 0 Å². The molecule has 1 N–H and O–H groups in total. The third-order valence-electron chi connectivity index (χ3n) is 4.13. The molecule has 24 heavy (non-hydrogen) atoms. The fraction of sp³-hybridized carbons (Fsp3) is 0.412. The summed E-state index contributed by atoms with van der Waals surface area (Å²) >= 11 is 1.73. The molecule has 1 aliphatic carbocycles. The molecule has 0 saturated heterocycles. The number of nitrogens with one attached hydrogen (secondary N) is 1. The molecule has 0 atom stereocenters. The number of hydrogen-bond donors (Lipinski definition) is 1. The SMILES string of the molecule is Cc1ncsc1CCCNc1ccc(-c2nc(C3CC3)no2)cn1. The van der Waals surface area contributed by atoms with Crippen LogP contribution >= 0.6 is 11.3 Å². The predicted molar refractivity (Wildman–Crippen MR) is 93.2 cm³/mol. The first-order valence-electron chi connectivity index (χ1n) is 8.22. The van der Waals surface area contributed by atoms with Crippen molar-refractivity contribution in [2.75, 3.05) is 11.9 Å². The second-order valence-electron chi connectivity index (χ2n) is 6.06. The van der Waals surface area contributed by atoms with Crippen molar-refractivity contribution in [1.29, 1.82) is 0 Å². The number of rotatable bonds is 7. The van der Waals surface area contributed by atoms with Gasteiger partial charge < -0.3 is 9.84 Å². The van der Waals surface area contributed by atoms with Gasteiger partial charge in [0.15, 0.2) is 5.82 Å². The molecule has 1 saturated carbocycles. The molecule has 7 heteroatoms. The Kier molecular flexibility index (Phi) is 4.25. The summed E-state index contributed by atoms with van der Waals surface area (Å²) in [5.74, 6) is 2.74. The number of aryl methyl sites for hydroxylation is 2. The zero-order chi connectivity index (χ0) is 16.4. The van der Waals surface area contributed by atoms with Crippen molar-refractivity contribution >= 4 is 17.2 Å². The average Bonchev–Trinajstić information content (AvgIpc) is 3.19. The fourth-order valence-electron chi connectivity index (χ4n) is 2.52. The molecule has 0 aliphatic heterocycles. The molecule has 3 heterocycles. The summed E-state index contributed by atoms with van der Waals surface area (Å²) in [5, 5.41) is 7.38. The summed E-state index contributed by atoms with van der Waals surface area (Å²) in [6, 6.07) is 3.92. The first kappa shape index (κ1) is 15.3. The number of anilines is 1. The number of hydrogen-bond acceptors (Lipinski definition) is 7. The van der Waals surface area contributed by atoms with Crippen LogP contribution in [0, 0.1) is 6.92 Å². The van der Waals surface area contributed by atoms with Gasteiger partial charge in [-0.1, -0.05) is 5.16 Å². The van der Waals surface area contributed by atoms with Crippen LogP contribution < -0.4 is 5.32 Å². The van der Waals surface area contributed by atoms with E-state index in [1.165, 1.54) is 17.7 Å². The van der Waals surface area contributed by atoms with Gasteiger partial charge >= 0.3 is 0 Å². The Morgan fingerprint density at radius 2 is 2.21 bits per heavy atom. The number of nitrogens with zero attached hydrogens (tertiary/aromatic N) is 4. The minimum atomic E-state index is 0.499. The molecule has 3 aromatic rings. The van der Waals surface area contributed by atoms with Crippen LogP contribution in [-0.4, -0.2) is 26.7 Å². The minimum Gasteiger partial charge on any atom is -0.370 e. The van der Waals surface area contributed by atoms with E-state index in [1.807, 2.05) is 17.6 Å². The van der Waals surface area contributed by atoms with Crippen molar-refractivity contribution in [2.45, 2.75) is 38.5 Å². The minimum absolute atomic E-state index is 0.499. The van der Waals surface area contributed by atoms with Crippen LogP contribution in [0.1, 0.15) is 41.6 Å². The highest BCUT2D eigenvalue weighted by atomic mass is 32.1. The standard InChI is InChI=1S/C17H19N5OS/c1-11-14(24-10-20-11)3-2-8-18-15-7-6-13(9-19-15)17-21-16(22-23-17)12-4-5-12/h6-7,9-10,12H,2-5,8H2,1H3,(H,18,19). The topological polar surface area (TPSA) is 76.7 Å². The monoisotopic (exact) mass is 341 g/mol. The Morgan fingerprint density at radius 3 is 2.92 bits per heavy atom. The van der Waals surface area contributed by atoms with E-state index in [0.29, 0.717) is 11.8 Å². The van der Waals surface area contributed by atoms with E-state index in [4.69, 9.17) is 4.52 Å². The highest BCUT2D eigenvalue weighted by molar-refractivity contribution is 7.09. The molecule has 0 aromatic carbocycles. The van der Waals surface area contributed by atoms with Crippen molar-refractivity contribution in [3.8, 4) is 11.5 Å². The van der Waals surface area contributed by atoms with Crippen molar-refractivity contribution in [2.24, 2.45) is 0 Å². The van der Waals surface area contributed by atoms with Gasteiger partial charge in [-0.2, -0.15) is 4.98 Å². The second-order valence-corrected chi connectivity index (χ2v) is 6.99. The van der Waals surface area contributed by atoms with Gasteiger partial charge in [-0.3, -0.25) is 0 Å². The van der Waals surface area contributed by atoms with Crippen LogP contribution in [0.3, 0.4) is 0 Å². The van der Waals surface area contributed by atoms with Gasteiger partial charge in [-0.05, 0) is 44.7 Å². The molecular weight excluding hydrogens is 322 g/mol. The van der Waals surface area contributed by atoms with E-state index in [0.717, 1.165) is 42.3 Å². The average molecular weight is 341 g/mol. The van der Waals surface area contributed by atoms with Gasteiger partial charge in [0, 0.05) is 23.5 Å². The molecule has 4 rings (SSSR count). The van der Waals surface area contributed by atoms with Crippen LogP contribution in [0.4, 0.5) is 5.82 Å². The van der Waals surface area contributed by atoms with E-state index >= 15 is 0 Å². The number of pyridine rings is 1. The van der Waals surface area contributed by atoms with Gasteiger partial charge in [0.25, 0.3) is 5.89 Å². The molecule has 1 aliphatic rings. The lowest BCUT2D eigenvalue weighted by Crippen LogP contribution is -2.04. The van der Waals surface area contributed by atoms with E-state index in [9.17, 15) is 0 Å². The second kappa shape index (κ2) is 6.68. The van der Waals surface area contributed by atoms with E-state index in [2.05, 4.69) is 32.3 Å². The van der Waals surface area contributed by atoms with Gasteiger partial charge in [-0.15, -0.1) is 11.3 Å². The number of thiazole rings is 1. The summed E-state index contributed by atoms with van der Waals surface area (Å²) in [4.78, 5) is 14.5. The summed E-state index contributed by atoms with van der Waals surface area (Å²) in [6.45, 7) is 2.95. The molecule has 124 valence electrons. The zero-order valence-corrected chi connectivity index (χ0v) is 14.3. The highest BCUT2D eigenvalue weighted by Gasteiger charge is 2.28. The maximum Gasteiger partial charge on any atom is 0.259 e. The van der Waals surface area contributed by atoms with Gasteiger partial charge in [0.05, 0.1) is 16.8 Å². The van der Waals surface area contributed by atoms with Crippen LogP contribution in [0.15, 0.2) is 28.4 Å². The smallest absolute Gasteiger partial charge is 0.259 e. The summed E-state index contributed by atoms with van der Waals surface area (Å²) in [7, 11) is 0. The van der Waals surface area contributed by atoms with Crippen LogP contribution in [-0.2, 0) is 6.42 Å². The fourth-order valence-corrected chi connectivity index (χ4v) is 3.34. The predicted octanol–water partition coefficient (Wildman–Crippen LogP) is 3.82. The highest BCUT2D eigenvalue weighted by Crippen LogP contribution is 2.38. The van der Waals surface area contributed by atoms with Gasteiger partial charge in [-0.25, -0.2) is 9.97 Å². The quantitative estimate of drug-likeness (QED) is 0.658. The Bertz CT molecular complexity index is 807. The van der Waals surface area contributed by atoms with Gasteiger partial charge in [0.2, 0.25) is 0 Å². The first-order valence-corrected chi connectivity index (χ1v) is 9.10. The molecule has 3 aromatic heterocycles. The zero-order valence-electron chi connectivity index (χ0n) is 13.5. The summed E-state index contributed by atoms with van der Waals surface area (Å²) < 4.78 is 5.32. The summed E-state index contributed by atoms with van der Waals surface area (Å²) in [6.07, 6.45) is 6.22. The number of aromatic nitrogens is 4. The molecule has 0 amide bonds. The van der Waals surface area contributed by atoms with E-state index in [-0.39, 0.29) is 0 Å². The lowest BCUT2D eigenvalue weighted by Gasteiger charge is -2.05. The van der Waals surface area contributed by atoms with Crippen molar-refractivity contribution in [1.82, 2.24) is 20.1 Å². The van der Waals surface area contributed by atoms with E-state index < -0.39 is 0 Å². The maximum absolute atomic E-state index is 5.32. The Hall–Kier alpha value is -2.28. The molecular formula is C17H19N5OS. The van der Waals surface area contributed by atoms with Gasteiger partial charge in [0.1, 0.15) is 5.82 Å². The lowest BCUT2D eigenvalue weighted by molar-refractivity contribution is 0.422. The largest absolute Gasteiger partial charge is 0.370 e. The third kappa shape index (κ3) is 3.46. The first-order chi connectivity index (χ1) is 11.8. The third-order valence-corrected chi connectivity index (χ3v) is 5.12. The molecule has 0 unspecified atom stereocenters. The molecule has 0 radical (unpaired) electrons. The molecule has 0 spiro atoms. The maximum atomic E-state index is 5.32. The van der Waals surface area contributed by atoms with Crippen LogP contribution in [0.2, 0.25) is 0 Å². The van der Waals surface area contributed by atoms with Crippen LogP contribution in [0.5, 0.6) is 0 Å². The van der Waals surface area contributed by atoms with Crippen molar-refractivity contribution < 1.29 is 4.52 Å². The van der Waals surface area contributed by atoms with E-state index in [1.54, 1.807) is 17.5 Å². The Labute approximate surface area is 144 Å². The van der Waals surface area contributed by atoms with Crippen LogP contribution in [0.25, 0.3) is 11.5 Å². The Morgan fingerprint density at radius 1 is 1.29 bits per heavy atom. The Balaban J connectivity index is 1.29.